The molecule has 0 spiro atoms. The maximum atomic E-state index is 4.15. The summed E-state index contributed by atoms with van der Waals surface area (Å²) in [6.07, 6.45) is 9.24. The lowest BCUT2D eigenvalue weighted by Crippen LogP contribution is -2.33. The molecule has 1 aromatic heterocycles. The largest absolute Gasteiger partial charge is 0.310 e. The number of hydrogen-bond acceptors (Lipinski definition) is 2. The second-order valence-corrected chi connectivity index (χ2v) is 5.91. The highest BCUT2D eigenvalue weighted by Crippen LogP contribution is 2.24. The first-order valence-corrected chi connectivity index (χ1v) is 7.37. The predicted octanol–water partition coefficient (Wildman–Crippen LogP) is 3.90. The fraction of sp³-hybridized carbons (Fsp3) is 0.471. The molecule has 0 saturated heterocycles. The van der Waals surface area contributed by atoms with Gasteiger partial charge in [0, 0.05) is 30.4 Å². The molecule has 0 radical (unpaired) electrons. The first kappa shape index (κ1) is 12.6. The van der Waals surface area contributed by atoms with Gasteiger partial charge in [-0.15, -0.1) is 0 Å². The summed E-state index contributed by atoms with van der Waals surface area (Å²) in [6, 6.07) is 9.45. The highest BCUT2D eigenvalue weighted by atomic mass is 14.9. The zero-order valence-electron chi connectivity index (χ0n) is 11.6. The molecule has 2 unspecified atom stereocenters. The van der Waals surface area contributed by atoms with E-state index < -0.39 is 0 Å². The summed E-state index contributed by atoms with van der Waals surface area (Å²) in [5, 5.41) is 6.22. The molecule has 1 fully saturated rings. The van der Waals surface area contributed by atoms with Crippen LogP contribution in [0.1, 0.15) is 38.2 Å². The number of pyridine rings is 1. The van der Waals surface area contributed by atoms with Crippen LogP contribution in [0.3, 0.4) is 0 Å². The van der Waals surface area contributed by atoms with Crippen molar-refractivity contribution >= 4 is 10.8 Å². The van der Waals surface area contributed by atoms with Gasteiger partial charge in [0.1, 0.15) is 0 Å². The zero-order chi connectivity index (χ0) is 13.1. The lowest BCUT2D eigenvalue weighted by atomic mass is 9.87. The molecule has 1 heterocycles. The summed E-state index contributed by atoms with van der Waals surface area (Å²) in [7, 11) is 0. The maximum absolute atomic E-state index is 4.15. The number of nitrogens with one attached hydrogen (secondary N) is 1. The fourth-order valence-electron chi connectivity index (χ4n) is 3.12. The Balaban J connectivity index is 1.64. The molecule has 100 valence electrons. The van der Waals surface area contributed by atoms with Crippen LogP contribution in [0, 0.1) is 5.92 Å². The van der Waals surface area contributed by atoms with Crippen molar-refractivity contribution in [2.45, 2.75) is 45.2 Å². The van der Waals surface area contributed by atoms with Crippen LogP contribution in [-0.4, -0.2) is 11.0 Å². The minimum absolute atomic E-state index is 0.705. The summed E-state index contributed by atoms with van der Waals surface area (Å²) in [5.74, 6) is 0.883. The minimum atomic E-state index is 0.705. The van der Waals surface area contributed by atoms with E-state index in [0.29, 0.717) is 6.04 Å². The van der Waals surface area contributed by atoms with Crippen molar-refractivity contribution in [3.8, 4) is 0 Å². The van der Waals surface area contributed by atoms with Gasteiger partial charge in [0.15, 0.2) is 0 Å². The second-order valence-electron chi connectivity index (χ2n) is 5.91. The van der Waals surface area contributed by atoms with E-state index in [1.165, 1.54) is 42.0 Å². The van der Waals surface area contributed by atoms with Crippen molar-refractivity contribution in [1.29, 1.82) is 0 Å². The zero-order valence-corrected chi connectivity index (χ0v) is 11.6. The number of nitrogens with zero attached hydrogens (tertiary/aromatic N) is 1. The molecule has 0 amide bonds. The molecule has 19 heavy (non-hydrogen) atoms. The molecular weight excluding hydrogens is 232 g/mol. The van der Waals surface area contributed by atoms with Crippen molar-refractivity contribution in [3.63, 3.8) is 0 Å². The normalized spacial score (nSPS) is 23.6. The van der Waals surface area contributed by atoms with E-state index in [1.54, 1.807) is 0 Å². The molecular formula is C17H22N2. The molecule has 0 bridgehead atoms. The first-order valence-electron chi connectivity index (χ1n) is 7.37. The van der Waals surface area contributed by atoms with E-state index >= 15 is 0 Å². The summed E-state index contributed by atoms with van der Waals surface area (Å²) < 4.78 is 0. The smallest absolute Gasteiger partial charge is 0.0346 e. The van der Waals surface area contributed by atoms with Gasteiger partial charge >= 0.3 is 0 Å². The van der Waals surface area contributed by atoms with Gasteiger partial charge in [-0.1, -0.05) is 31.9 Å². The third kappa shape index (κ3) is 3.13. The van der Waals surface area contributed by atoms with Crippen LogP contribution < -0.4 is 5.32 Å². The monoisotopic (exact) mass is 254 g/mol. The Hall–Kier alpha value is -1.41. The predicted molar refractivity (Wildman–Crippen MR) is 80.0 cm³/mol. The Morgan fingerprint density at radius 2 is 2.16 bits per heavy atom. The van der Waals surface area contributed by atoms with Crippen molar-refractivity contribution in [2.75, 3.05) is 0 Å². The Bertz CT molecular complexity index is 550. The van der Waals surface area contributed by atoms with Crippen LogP contribution in [-0.2, 0) is 6.54 Å². The van der Waals surface area contributed by atoms with E-state index in [1.807, 2.05) is 12.4 Å². The van der Waals surface area contributed by atoms with Gasteiger partial charge in [0.05, 0.1) is 0 Å². The number of hydrogen-bond donors (Lipinski definition) is 1. The molecule has 2 heteroatoms. The number of rotatable bonds is 3. The number of benzene rings is 1. The van der Waals surface area contributed by atoms with E-state index in [9.17, 15) is 0 Å². The van der Waals surface area contributed by atoms with Crippen molar-refractivity contribution in [3.05, 3.63) is 42.2 Å². The van der Waals surface area contributed by atoms with E-state index in [-0.39, 0.29) is 0 Å². The van der Waals surface area contributed by atoms with Gasteiger partial charge in [-0.05, 0) is 41.8 Å². The summed E-state index contributed by atoms with van der Waals surface area (Å²) >= 11 is 0. The summed E-state index contributed by atoms with van der Waals surface area (Å²) in [5.41, 5.74) is 1.37. The Morgan fingerprint density at radius 1 is 1.21 bits per heavy atom. The van der Waals surface area contributed by atoms with Crippen molar-refractivity contribution in [2.24, 2.45) is 5.92 Å². The Morgan fingerprint density at radius 3 is 3.05 bits per heavy atom. The summed E-state index contributed by atoms with van der Waals surface area (Å²) in [4.78, 5) is 4.15. The van der Waals surface area contributed by atoms with Crippen molar-refractivity contribution < 1.29 is 0 Å². The van der Waals surface area contributed by atoms with Gasteiger partial charge in [-0.3, -0.25) is 4.98 Å². The molecule has 1 saturated carbocycles. The van der Waals surface area contributed by atoms with Gasteiger partial charge in [-0.2, -0.15) is 0 Å². The molecule has 3 rings (SSSR count). The van der Waals surface area contributed by atoms with E-state index in [4.69, 9.17) is 0 Å². The molecule has 2 aromatic rings. The van der Waals surface area contributed by atoms with Gasteiger partial charge in [-0.25, -0.2) is 0 Å². The molecule has 2 atom stereocenters. The standard InChI is InChI=1S/C17H22N2/c1-13-3-2-4-17(9-13)19-11-14-5-6-16-12-18-8-7-15(16)10-14/h5-8,10,12-13,17,19H,2-4,9,11H2,1H3. The van der Waals surface area contributed by atoms with Crippen LogP contribution in [0.15, 0.2) is 36.7 Å². The van der Waals surface area contributed by atoms with Gasteiger partial charge in [0.25, 0.3) is 0 Å². The topological polar surface area (TPSA) is 24.9 Å². The van der Waals surface area contributed by atoms with Crippen LogP contribution in [0.25, 0.3) is 10.8 Å². The second kappa shape index (κ2) is 5.70. The average molecular weight is 254 g/mol. The lowest BCUT2D eigenvalue weighted by Gasteiger charge is -2.27. The quantitative estimate of drug-likeness (QED) is 0.898. The first-order chi connectivity index (χ1) is 9.31. The molecule has 0 aliphatic heterocycles. The van der Waals surface area contributed by atoms with Crippen molar-refractivity contribution in [1.82, 2.24) is 10.3 Å². The molecule has 1 aliphatic rings. The van der Waals surface area contributed by atoms with Gasteiger partial charge in [0.2, 0.25) is 0 Å². The summed E-state index contributed by atoms with van der Waals surface area (Å²) in [6.45, 7) is 3.35. The van der Waals surface area contributed by atoms with Crippen LogP contribution >= 0.6 is 0 Å². The van der Waals surface area contributed by atoms with Gasteiger partial charge < -0.3 is 5.32 Å². The minimum Gasteiger partial charge on any atom is -0.310 e. The molecule has 1 aliphatic carbocycles. The molecule has 1 aromatic carbocycles. The Labute approximate surface area is 115 Å². The van der Waals surface area contributed by atoms with Crippen LogP contribution in [0.4, 0.5) is 0 Å². The molecule has 2 nitrogen and oxygen atoms in total. The number of fused-ring (bicyclic) bond motifs is 1. The van der Waals surface area contributed by atoms with E-state index in [0.717, 1.165) is 12.5 Å². The Kier molecular flexibility index (Phi) is 3.79. The lowest BCUT2D eigenvalue weighted by molar-refractivity contribution is 0.300. The third-order valence-corrected chi connectivity index (χ3v) is 4.24. The van der Waals surface area contributed by atoms with Crippen LogP contribution in [0.2, 0.25) is 0 Å². The highest BCUT2D eigenvalue weighted by molar-refractivity contribution is 5.81. The maximum Gasteiger partial charge on any atom is 0.0346 e. The third-order valence-electron chi connectivity index (χ3n) is 4.24. The molecule has 1 N–H and O–H groups in total. The fourth-order valence-corrected chi connectivity index (χ4v) is 3.12. The van der Waals surface area contributed by atoms with Crippen LogP contribution in [0.5, 0.6) is 0 Å². The highest BCUT2D eigenvalue weighted by Gasteiger charge is 2.17. The SMILES string of the molecule is CC1CCCC(NCc2ccc3cnccc3c2)C1. The average Bonchev–Trinajstić information content (AvgIpc) is 2.45. The number of aromatic nitrogens is 1. The van der Waals surface area contributed by atoms with E-state index in [2.05, 4.69) is 41.5 Å².